The lowest BCUT2D eigenvalue weighted by atomic mass is 9.98. The van der Waals surface area contributed by atoms with Gasteiger partial charge in [0.1, 0.15) is 12.4 Å². The molecule has 0 unspecified atom stereocenters. The van der Waals surface area contributed by atoms with Crippen LogP contribution in [0.15, 0.2) is 48.0 Å². The minimum absolute atomic E-state index is 0.0458. The highest BCUT2D eigenvalue weighted by atomic mass is 19.3. The van der Waals surface area contributed by atoms with Crippen LogP contribution in [0.3, 0.4) is 0 Å². The number of benzene rings is 2. The minimum atomic E-state index is -2.94. The van der Waals surface area contributed by atoms with Crippen molar-refractivity contribution in [1.29, 1.82) is 0 Å². The summed E-state index contributed by atoms with van der Waals surface area (Å²) in [4.78, 5) is 12.5. The zero-order valence-corrected chi connectivity index (χ0v) is 13.5. The fourth-order valence-electron chi connectivity index (χ4n) is 2.56. The average molecular weight is 346 g/mol. The quantitative estimate of drug-likeness (QED) is 0.755. The van der Waals surface area contributed by atoms with Gasteiger partial charge in [-0.2, -0.15) is 8.78 Å². The molecule has 0 saturated carbocycles. The van der Waals surface area contributed by atoms with Crippen LogP contribution >= 0.6 is 0 Å². The van der Waals surface area contributed by atoms with Gasteiger partial charge < -0.3 is 14.2 Å². The molecule has 0 atom stereocenters. The SMILES string of the molecule is CCOc1cc(/C=C2/COc3ccccc3C2=O)ccc1OC(F)F. The lowest BCUT2D eigenvalue weighted by Crippen LogP contribution is -2.18. The molecule has 0 fully saturated rings. The summed E-state index contributed by atoms with van der Waals surface area (Å²) in [7, 11) is 0. The molecule has 2 aromatic carbocycles. The van der Waals surface area contributed by atoms with Gasteiger partial charge in [0.25, 0.3) is 0 Å². The van der Waals surface area contributed by atoms with Gasteiger partial charge in [-0.15, -0.1) is 0 Å². The Bertz CT molecular complexity index is 815. The molecule has 2 aromatic rings. The van der Waals surface area contributed by atoms with Crippen molar-refractivity contribution in [1.82, 2.24) is 0 Å². The first-order valence-electron chi connectivity index (χ1n) is 7.77. The number of rotatable bonds is 5. The first-order valence-corrected chi connectivity index (χ1v) is 7.77. The Labute approximate surface area is 143 Å². The molecule has 4 nitrogen and oxygen atoms in total. The van der Waals surface area contributed by atoms with E-state index in [9.17, 15) is 13.6 Å². The molecular weight excluding hydrogens is 330 g/mol. The van der Waals surface area contributed by atoms with Crippen molar-refractivity contribution in [3.05, 3.63) is 59.2 Å². The topological polar surface area (TPSA) is 44.8 Å². The monoisotopic (exact) mass is 346 g/mol. The van der Waals surface area contributed by atoms with Crippen LogP contribution in [0.4, 0.5) is 8.78 Å². The van der Waals surface area contributed by atoms with E-state index < -0.39 is 6.61 Å². The Morgan fingerprint density at radius 3 is 2.76 bits per heavy atom. The summed E-state index contributed by atoms with van der Waals surface area (Å²) in [5.74, 6) is 0.588. The van der Waals surface area contributed by atoms with Crippen molar-refractivity contribution in [3.63, 3.8) is 0 Å². The summed E-state index contributed by atoms with van der Waals surface area (Å²) in [6.07, 6.45) is 1.66. The Kier molecular flexibility index (Phi) is 4.97. The minimum Gasteiger partial charge on any atom is -0.490 e. The second-order valence-corrected chi connectivity index (χ2v) is 5.30. The molecule has 0 amide bonds. The summed E-state index contributed by atoms with van der Waals surface area (Å²) in [5, 5.41) is 0. The first kappa shape index (κ1) is 17.0. The average Bonchev–Trinajstić information content (AvgIpc) is 2.60. The van der Waals surface area contributed by atoms with Gasteiger partial charge in [0.15, 0.2) is 17.3 Å². The largest absolute Gasteiger partial charge is 0.490 e. The number of ether oxygens (including phenoxy) is 3. The zero-order valence-electron chi connectivity index (χ0n) is 13.5. The second-order valence-electron chi connectivity index (χ2n) is 5.30. The maximum absolute atomic E-state index is 12.5. The number of hydrogen-bond acceptors (Lipinski definition) is 4. The molecule has 0 spiro atoms. The van der Waals surface area contributed by atoms with E-state index in [0.717, 1.165) is 0 Å². The number of fused-ring (bicyclic) bond motifs is 1. The molecule has 0 bridgehead atoms. The fraction of sp³-hybridized carbons (Fsp3) is 0.211. The lowest BCUT2D eigenvalue weighted by Gasteiger charge is -2.18. The van der Waals surface area contributed by atoms with Crippen molar-refractivity contribution in [2.24, 2.45) is 0 Å². The molecule has 0 aromatic heterocycles. The number of ketones is 1. The normalized spacial score (nSPS) is 15.0. The second kappa shape index (κ2) is 7.34. The number of Topliss-reactive ketones (excluding diaryl/α,β-unsaturated/α-hetero) is 1. The van der Waals surface area contributed by atoms with Crippen LogP contribution in [0.2, 0.25) is 0 Å². The number of para-hydroxylation sites is 1. The third kappa shape index (κ3) is 3.79. The van der Waals surface area contributed by atoms with Crippen LogP contribution in [0.25, 0.3) is 6.08 Å². The van der Waals surface area contributed by atoms with Gasteiger partial charge in [-0.05, 0) is 42.8 Å². The van der Waals surface area contributed by atoms with Gasteiger partial charge in [-0.1, -0.05) is 18.2 Å². The van der Waals surface area contributed by atoms with E-state index in [0.29, 0.717) is 29.1 Å². The van der Waals surface area contributed by atoms with E-state index in [-0.39, 0.29) is 23.9 Å². The van der Waals surface area contributed by atoms with Gasteiger partial charge in [0.2, 0.25) is 0 Å². The molecule has 3 rings (SSSR count). The summed E-state index contributed by atoms with van der Waals surface area (Å²) in [5.41, 5.74) is 1.61. The summed E-state index contributed by atoms with van der Waals surface area (Å²) in [6, 6.07) is 11.6. The van der Waals surface area contributed by atoms with Crippen LogP contribution in [-0.2, 0) is 0 Å². The van der Waals surface area contributed by atoms with Gasteiger partial charge in [-0.3, -0.25) is 4.79 Å². The Balaban J connectivity index is 1.91. The Morgan fingerprint density at radius 2 is 2.00 bits per heavy atom. The standard InChI is InChI=1S/C19H16F2O4/c1-2-23-17-10-12(7-8-16(17)25-19(20)21)9-13-11-24-15-6-4-3-5-14(15)18(13)22/h3-10,19H,2,11H2,1H3/b13-9-. The molecule has 0 radical (unpaired) electrons. The Hall–Kier alpha value is -2.89. The maximum atomic E-state index is 12.5. The molecule has 6 heteroatoms. The van der Waals surface area contributed by atoms with Gasteiger partial charge in [0.05, 0.1) is 12.2 Å². The first-order chi connectivity index (χ1) is 12.1. The highest BCUT2D eigenvalue weighted by Gasteiger charge is 2.22. The van der Waals surface area contributed by atoms with Crippen molar-refractivity contribution < 1.29 is 27.8 Å². The van der Waals surface area contributed by atoms with E-state index >= 15 is 0 Å². The third-order valence-corrected chi connectivity index (χ3v) is 3.63. The van der Waals surface area contributed by atoms with E-state index in [1.165, 1.54) is 6.07 Å². The van der Waals surface area contributed by atoms with E-state index in [1.807, 2.05) is 0 Å². The molecule has 130 valence electrons. The van der Waals surface area contributed by atoms with Crippen LogP contribution in [0.1, 0.15) is 22.8 Å². The number of hydrogen-bond donors (Lipinski definition) is 0. The lowest BCUT2D eigenvalue weighted by molar-refractivity contribution is -0.0514. The fourth-order valence-corrected chi connectivity index (χ4v) is 2.56. The maximum Gasteiger partial charge on any atom is 0.387 e. The van der Waals surface area contributed by atoms with Crippen molar-refractivity contribution >= 4 is 11.9 Å². The molecule has 25 heavy (non-hydrogen) atoms. The van der Waals surface area contributed by atoms with Gasteiger partial charge in [-0.25, -0.2) is 0 Å². The number of halogens is 2. The molecule has 0 saturated heterocycles. The van der Waals surface area contributed by atoms with Crippen LogP contribution in [0, 0.1) is 0 Å². The molecule has 1 aliphatic rings. The van der Waals surface area contributed by atoms with Crippen molar-refractivity contribution in [3.8, 4) is 17.2 Å². The van der Waals surface area contributed by atoms with Crippen LogP contribution in [-0.4, -0.2) is 25.6 Å². The predicted octanol–water partition coefficient (Wildman–Crippen LogP) is 4.35. The highest BCUT2D eigenvalue weighted by molar-refractivity contribution is 6.14. The van der Waals surface area contributed by atoms with E-state index in [4.69, 9.17) is 9.47 Å². The van der Waals surface area contributed by atoms with Crippen LogP contribution in [0.5, 0.6) is 17.2 Å². The van der Waals surface area contributed by atoms with E-state index in [1.54, 1.807) is 49.4 Å². The molecular formula is C19H16F2O4. The molecule has 0 aliphatic carbocycles. The van der Waals surface area contributed by atoms with Crippen LogP contribution < -0.4 is 14.2 Å². The summed E-state index contributed by atoms with van der Waals surface area (Å²) >= 11 is 0. The number of alkyl halides is 2. The van der Waals surface area contributed by atoms with Crippen molar-refractivity contribution in [2.45, 2.75) is 13.5 Å². The number of carbonyl (C=O) groups excluding carboxylic acids is 1. The molecule has 1 aliphatic heterocycles. The highest BCUT2D eigenvalue weighted by Crippen LogP contribution is 2.32. The number of carbonyl (C=O) groups is 1. The van der Waals surface area contributed by atoms with Gasteiger partial charge in [0, 0.05) is 5.57 Å². The third-order valence-electron chi connectivity index (χ3n) is 3.63. The van der Waals surface area contributed by atoms with Crippen molar-refractivity contribution in [2.75, 3.05) is 13.2 Å². The molecule has 1 heterocycles. The predicted molar refractivity (Wildman–Crippen MR) is 88.5 cm³/mol. The van der Waals surface area contributed by atoms with E-state index in [2.05, 4.69) is 4.74 Å². The molecule has 0 N–H and O–H groups in total. The zero-order chi connectivity index (χ0) is 17.8. The smallest absolute Gasteiger partial charge is 0.387 e. The Morgan fingerprint density at radius 1 is 1.20 bits per heavy atom. The summed E-state index contributed by atoms with van der Waals surface area (Å²) < 4.78 is 40.3. The summed E-state index contributed by atoms with van der Waals surface area (Å²) in [6.45, 7) is -0.745. The van der Waals surface area contributed by atoms with Gasteiger partial charge >= 0.3 is 6.61 Å².